The summed E-state index contributed by atoms with van der Waals surface area (Å²) in [5, 5.41) is 12.0. The van der Waals surface area contributed by atoms with Crippen LogP contribution in [0.15, 0.2) is 16.7 Å². The molecular formula is C13H15BrN2O4. The first kappa shape index (κ1) is 13.6. The molecule has 2 fully saturated rings. The van der Waals surface area contributed by atoms with Gasteiger partial charge in [-0.05, 0) is 34.8 Å². The summed E-state index contributed by atoms with van der Waals surface area (Å²) in [6, 6.07) is 2.07. The summed E-state index contributed by atoms with van der Waals surface area (Å²) in [7, 11) is 0. The van der Waals surface area contributed by atoms with Gasteiger partial charge in [0.2, 0.25) is 0 Å². The van der Waals surface area contributed by atoms with Crippen molar-refractivity contribution in [2.45, 2.75) is 30.8 Å². The molecule has 1 atom stereocenters. The summed E-state index contributed by atoms with van der Waals surface area (Å²) in [6.45, 7) is 0.360. The van der Waals surface area contributed by atoms with Crippen LogP contribution in [0, 0.1) is 0 Å². The largest absolute Gasteiger partial charge is 0.479 e. The second-order valence-electron chi connectivity index (χ2n) is 5.33. The van der Waals surface area contributed by atoms with Gasteiger partial charge in [-0.2, -0.15) is 0 Å². The van der Waals surface area contributed by atoms with Gasteiger partial charge in [0.1, 0.15) is 5.69 Å². The Kier molecular flexibility index (Phi) is 3.33. The first-order valence-corrected chi connectivity index (χ1v) is 7.32. The first-order valence-electron chi connectivity index (χ1n) is 6.53. The summed E-state index contributed by atoms with van der Waals surface area (Å²) in [5.74, 6) is -1.41. The second kappa shape index (κ2) is 4.89. The maximum Gasteiger partial charge on any atom is 0.331 e. The minimum atomic E-state index is -1.30. The zero-order chi connectivity index (χ0) is 14.3. The van der Waals surface area contributed by atoms with E-state index < -0.39 is 11.5 Å². The monoisotopic (exact) mass is 342 g/mol. The molecule has 1 aromatic heterocycles. The van der Waals surface area contributed by atoms with Crippen molar-refractivity contribution < 1.29 is 19.4 Å². The zero-order valence-corrected chi connectivity index (χ0v) is 12.4. The normalized spacial score (nSPS) is 25.6. The Morgan fingerprint density at radius 3 is 2.80 bits per heavy atom. The van der Waals surface area contributed by atoms with Crippen LogP contribution < -0.4 is 5.32 Å². The average Bonchev–Trinajstić information content (AvgIpc) is 3.00. The third kappa shape index (κ3) is 2.35. The Hall–Kier alpha value is -1.34. The third-order valence-corrected chi connectivity index (χ3v) is 4.21. The first-order chi connectivity index (χ1) is 9.52. The highest BCUT2D eigenvalue weighted by atomic mass is 79.9. The van der Waals surface area contributed by atoms with Crippen molar-refractivity contribution in [2.75, 3.05) is 13.2 Å². The molecule has 0 aromatic carbocycles. The minimum Gasteiger partial charge on any atom is -0.479 e. The Morgan fingerprint density at radius 2 is 2.25 bits per heavy atom. The van der Waals surface area contributed by atoms with Gasteiger partial charge in [0.05, 0.1) is 6.61 Å². The Bertz CT molecular complexity index is 559. The molecule has 20 heavy (non-hydrogen) atoms. The van der Waals surface area contributed by atoms with Crippen molar-refractivity contribution in [1.82, 2.24) is 9.88 Å². The molecule has 1 aromatic rings. The van der Waals surface area contributed by atoms with Crippen LogP contribution in [0.1, 0.15) is 35.8 Å². The van der Waals surface area contributed by atoms with Crippen molar-refractivity contribution in [3.63, 3.8) is 0 Å². The molecule has 1 aliphatic carbocycles. The van der Waals surface area contributed by atoms with E-state index in [4.69, 9.17) is 4.74 Å². The maximum atomic E-state index is 12.4. The van der Waals surface area contributed by atoms with Gasteiger partial charge in [0.25, 0.3) is 5.91 Å². The van der Waals surface area contributed by atoms with Crippen LogP contribution in [-0.2, 0) is 9.53 Å². The number of carbonyl (C=O) groups is 2. The van der Waals surface area contributed by atoms with Crippen LogP contribution in [0.2, 0.25) is 0 Å². The smallest absolute Gasteiger partial charge is 0.331 e. The van der Waals surface area contributed by atoms with Gasteiger partial charge in [-0.3, -0.25) is 4.79 Å². The lowest BCUT2D eigenvalue weighted by molar-refractivity contribution is -0.144. The van der Waals surface area contributed by atoms with Crippen LogP contribution >= 0.6 is 15.9 Å². The van der Waals surface area contributed by atoms with Crippen LogP contribution in [0.25, 0.3) is 0 Å². The van der Waals surface area contributed by atoms with E-state index in [-0.39, 0.29) is 12.5 Å². The molecule has 1 unspecified atom stereocenters. The number of ether oxygens (including phenoxy) is 1. The summed E-state index contributed by atoms with van der Waals surface area (Å²) in [6.07, 6.45) is 4.26. The number of hydrogen-bond donors (Lipinski definition) is 2. The number of amides is 1. The summed E-state index contributed by atoms with van der Waals surface area (Å²) >= 11 is 3.36. The van der Waals surface area contributed by atoms with Crippen LogP contribution in [-0.4, -0.2) is 40.3 Å². The molecule has 2 aliphatic rings. The quantitative estimate of drug-likeness (QED) is 0.870. The number of rotatable bonds is 4. The van der Waals surface area contributed by atoms with Gasteiger partial charge in [0.15, 0.2) is 5.54 Å². The van der Waals surface area contributed by atoms with Crippen LogP contribution in [0.3, 0.4) is 0 Å². The Balaban J connectivity index is 1.84. The van der Waals surface area contributed by atoms with E-state index in [1.165, 1.54) is 0 Å². The highest BCUT2D eigenvalue weighted by Crippen LogP contribution is 2.37. The molecule has 0 bridgehead atoms. The van der Waals surface area contributed by atoms with Gasteiger partial charge in [-0.15, -0.1) is 0 Å². The van der Waals surface area contributed by atoms with Crippen molar-refractivity contribution >= 4 is 27.8 Å². The SMILES string of the molecule is O=C(NC1(C(=O)O)CCOC1)c1cc(Br)cn1C1CC1. The predicted octanol–water partition coefficient (Wildman–Crippen LogP) is 1.56. The maximum absolute atomic E-state index is 12.4. The van der Waals surface area contributed by atoms with Crippen molar-refractivity contribution in [1.29, 1.82) is 0 Å². The number of carbonyl (C=O) groups excluding carboxylic acids is 1. The molecule has 2 N–H and O–H groups in total. The third-order valence-electron chi connectivity index (χ3n) is 3.77. The van der Waals surface area contributed by atoms with Crippen molar-refractivity contribution in [3.05, 3.63) is 22.4 Å². The van der Waals surface area contributed by atoms with Crippen molar-refractivity contribution in [3.8, 4) is 0 Å². The Morgan fingerprint density at radius 1 is 1.50 bits per heavy atom. The van der Waals surface area contributed by atoms with E-state index in [1.54, 1.807) is 6.07 Å². The molecule has 0 spiro atoms. The lowest BCUT2D eigenvalue weighted by Gasteiger charge is -2.24. The topological polar surface area (TPSA) is 80.6 Å². The summed E-state index contributed by atoms with van der Waals surface area (Å²) in [5.41, 5.74) is -0.811. The molecule has 1 aliphatic heterocycles. The molecule has 6 nitrogen and oxygen atoms in total. The van der Waals surface area contributed by atoms with Gasteiger partial charge in [-0.1, -0.05) is 0 Å². The minimum absolute atomic E-state index is 0.0133. The molecule has 7 heteroatoms. The molecule has 0 radical (unpaired) electrons. The predicted molar refractivity (Wildman–Crippen MR) is 73.7 cm³/mol. The summed E-state index contributed by atoms with van der Waals surface area (Å²) in [4.78, 5) is 23.8. The molecule has 3 rings (SSSR count). The number of aromatic nitrogens is 1. The van der Waals surface area contributed by atoms with E-state index in [2.05, 4.69) is 21.2 Å². The number of nitrogens with one attached hydrogen (secondary N) is 1. The fraction of sp³-hybridized carbons (Fsp3) is 0.538. The highest BCUT2D eigenvalue weighted by molar-refractivity contribution is 9.10. The number of hydrogen-bond acceptors (Lipinski definition) is 3. The summed E-state index contributed by atoms with van der Waals surface area (Å²) < 4.78 is 7.87. The van der Waals surface area contributed by atoms with Crippen LogP contribution in [0.5, 0.6) is 0 Å². The van der Waals surface area contributed by atoms with Crippen LogP contribution in [0.4, 0.5) is 0 Å². The van der Waals surface area contributed by atoms with Gasteiger partial charge >= 0.3 is 5.97 Å². The number of aliphatic carboxylic acids is 1. The van der Waals surface area contributed by atoms with E-state index in [1.807, 2.05) is 10.8 Å². The second-order valence-corrected chi connectivity index (χ2v) is 6.24. The van der Waals surface area contributed by atoms with Gasteiger partial charge < -0.3 is 19.7 Å². The Labute approximate surface area is 124 Å². The molecule has 1 saturated heterocycles. The van der Waals surface area contributed by atoms with E-state index in [0.29, 0.717) is 24.8 Å². The number of carboxylic acid groups (broad SMARTS) is 1. The zero-order valence-electron chi connectivity index (χ0n) is 10.8. The molecule has 108 valence electrons. The lowest BCUT2D eigenvalue weighted by atomic mass is 9.99. The fourth-order valence-corrected chi connectivity index (χ4v) is 2.89. The van der Waals surface area contributed by atoms with Gasteiger partial charge in [0, 0.05) is 29.7 Å². The van der Waals surface area contributed by atoms with E-state index in [0.717, 1.165) is 17.3 Å². The lowest BCUT2D eigenvalue weighted by Crippen LogP contribution is -2.55. The average molecular weight is 343 g/mol. The van der Waals surface area contributed by atoms with E-state index >= 15 is 0 Å². The number of halogens is 1. The fourth-order valence-electron chi connectivity index (χ4n) is 2.45. The molecular weight excluding hydrogens is 328 g/mol. The van der Waals surface area contributed by atoms with E-state index in [9.17, 15) is 14.7 Å². The highest BCUT2D eigenvalue weighted by Gasteiger charge is 2.44. The molecule has 2 heterocycles. The molecule has 1 saturated carbocycles. The number of carboxylic acids is 1. The number of nitrogens with zero attached hydrogens (tertiary/aromatic N) is 1. The van der Waals surface area contributed by atoms with Crippen molar-refractivity contribution in [2.24, 2.45) is 0 Å². The van der Waals surface area contributed by atoms with Gasteiger partial charge in [-0.25, -0.2) is 4.79 Å². The molecule has 1 amide bonds. The standard InChI is InChI=1S/C13H15BrN2O4/c14-8-5-10(16(6-8)9-1-2-9)11(17)15-13(12(18)19)3-4-20-7-13/h5-6,9H,1-4,7H2,(H,15,17)(H,18,19).